The molecule has 9 heteroatoms. The number of aromatic nitrogens is 5. The van der Waals surface area contributed by atoms with Gasteiger partial charge in [0.15, 0.2) is 0 Å². The van der Waals surface area contributed by atoms with Gasteiger partial charge in [0.1, 0.15) is 24.1 Å². The van der Waals surface area contributed by atoms with Gasteiger partial charge in [0.25, 0.3) is 5.56 Å². The summed E-state index contributed by atoms with van der Waals surface area (Å²) in [7, 11) is 0. The number of aliphatic hydroxyl groups is 1. The van der Waals surface area contributed by atoms with E-state index in [2.05, 4.69) is 15.1 Å². The fourth-order valence-electron chi connectivity index (χ4n) is 3.43. The number of benzene rings is 2. The Kier molecular flexibility index (Phi) is 4.89. The van der Waals surface area contributed by atoms with Gasteiger partial charge in [0, 0.05) is 10.6 Å². The van der Waals surface area contributed by atoms with Gasteiger partial charge in [-0.1, -0.05) is 29.8 Å². The van der Waals surface area contributed by atoms with Gasteiger partial charge in [-0.25, -0.2) is 19.0 Å². The molecule has 0 radical (unpaired) electrons. The van der Waals surface area contributed by atoms with Crippen LogP contribution in [0.2, 0.25) is 5.02 Å². The standard InChI is InChI=1S/C20H17ClFN5O2/c1-13(27-12-24-18-8-14(21)6-7-15(18)19(27)28)20(29,9-26-11-23-10-25-26)16-4-2-3-5-17(16)22/h2-8,10-13,29H,9H2,1H3/t13-,20-/m1/s1. The Morgan fingerprint density at radius 3 is 2.76 bits per heavy atom. The van der Waals surface area contributed by atoms with Crippen LogP contribution in [0.3, 0.4) is 0 Å². The Hall–Kier alpha value is -3.10. The second-order valence-corrected chi connectivity index (χ2v) is 7.23. The van der Waals surface area contributed by atoms with Crippen molar-refractivity contribution in [2.75, 3.05) is 0 Å². The molecule has 148 valence electrons. The van der Waals surface area contributed by atoms with E-state index in [0.29, 0.717) is 15.9 Å². The van der Waals surface area contributed by atoms with Crippen molar-refractivity contribution in [1.29, 1.82) is 0 Å². The molecule has 0 aliphatic rings. The normalized spacial score (nSPS) is 14.6. The summed E-state index contributed by atoms with van der Waals surface area (Å²) in [5.74, 6) is -0.587. The Labute approximate surface area is 170 Å². The van der Waals surface area contributed by atoms with Crippen LogP contribution in [0.1, 0.15) is 18.5 Å². The summed E-state index contributed by atoms with van der Waals surface area (Å²) in [5.41, 5.74) is -1.68. The molecule has 2 aromatic carbocycles. The molecule has 2 aromatic heterocycles. The summed E-state index contributed by atoms with van der Waals surface area (Å²) in [6.45, 7) is 1.52. The molecule has 0 saturated carbocycles. The second kappa shape index (κ2) is 7.38. The molecule has 2 atom stereocenters. The lowest BCUT2D eigenvalue weighted by Crippen LogP contribution is -2.43. The summed E-state index contributed by atoms with van der Waals surface area (Å²) < 4.78 is 17.3. The lowest BCUT2D eigenvalue weighted by atomic mass is 9.86. The third-order valence-electron chi connectivity index (χ3n) is 5.06. The van der Waals surface area contributed by atoms with E-state index in [1.807, 2.05) is 0 Å². The highest BCUT2D eigenvalue weighted by Crippen LogP contribution is 2.35. The van der Waals surface area contributed by atoms with E-state index in [4.69, 9.17) is 11.6 Å². The number of hydrogen-bond acceptors (Lipinski definition) is 5. The predicted octanol–water partition coefficient (Wildman–Crippen LogP) is 2.93. The average Bonchev–Trinajstić information content (AvgIpc) is 3.20. The van der Waals surface area contributed by atoms with E-state index in [9.17, 15) is 14.3 Å². The van der Waals surface area contributed by atoms with Crippen molar-refractivity contribution in [3.05, 3.63) is 88.2 Å². The van der Waals surface area contributed by atoms with E-state index in [1.54, 1.807) is 31.2 Å². The zero-order valence-electron chi connectivity index (χ0n) is 15.4. The van der Waals surface area contributed by atoms with E-state index < -0.39 is 17.5 Å². The maximum absolute atomic E-state index is 14.7. The number of hydrogen-bond donors (Lipinski definition) is 1. The minimum Gasteiger partial charge on any atom is -0.381 e. The van der Waals surface area contributed by atoms with E-state index in [1.165, 1.54) is 46.4 Å². The zero-order chi connectivity index (χ0) is 20.6. The molecule has 0 fully saturated rings. The highest BCUT2D eigenvalue weighted by atomic mass is 35.5. The van der Waals surface area contributed by atoms with Crippen LogP contribution in [0.5, 0.6) is 0 Å². The summed E-state index contributed by atoms with van der Waals surface area (Å²) in [6.07, 6.45) is 4.07. The van der Waals surface area contributed by atoms with Crippen molar-refractivity contribution >= 4 is 22.5 Å². The van der Waals surface area contributed by atoms with Crippen LogP contribution >= 0.6 is 11.6 Å². The van der Waals surface area contributed by atoms with Crippen molar-refractivity contribution in [2.45, 2.75) is 25.1 Å². The largest absolute Gasteiger partial charge is 0.381 e. The topological polar surface area (TPSA) is 85.8 Å². The molecule has 1 N–H and O–H groups in total. The van der Waals surface area contributed by atoms with Crippen molar-refractivity contribution < 1.29 is 9.50 Å². The summed E-state index contributed by atoms with van der Waals surface area (Å²) >= 11 is 5.98. The van der Waals surface area contributed by atoms with Crippen molar-refractivity contribution in [2.24, 2.45) is 0 Å². The quantitative estimate of drug-likeness (QED) is 0.543. The Morgan fingerprint density at radius 1 is 1.24 bits per heavy atom. The average molecular weight is 414 g/mol. The van der Waals surface area contributed by atoms with Crippen LogP contribution in [-0.4, -0.2) is 29.4 Å². The fraction of sp³-hybridized carbons (Fsp3) is 0.200. The zero-order valence-corrected chi connectivity index (χ0v) is 16.2. The highest BCUT2D eigenvalue weighted by molar-refractivity contribution is 6.31. The van der Waals surface area contributed by atoms with Gasteiger partial charge in [-0.2, -0.15) is 5.10 Å². The molecule has 0 bridgehead atoms. The van der Waals surface area contributed by atoms with E-state index >= 15 is 0 Å². The van der Waals surface area contributed by atoms with Gasteiger partial charge in [-0.3, -0.25) is 9.36 Å². The first-order valence-electron chi connectivity index (χ1n) is 8.86. The van der Waals surface area contributed by atoms with Gasteiger partial charge in [0.2, 0.25) is 0 Å². The van der Waals surface area contributed by atoms with Crippen LogP contribution in [0, 0.1) is 5.82 Å². The number of nitrogens with zero attached hydrogens (tertiary/aromatic N) is 5. The van der Waals surface area contributed by atoms with Crippen LogP contribution < -0.4 is 5.56 Å². The second-order valence-electron chi connectivity index (χ2n) is 6.79. The Balaban J connectivity index is 1.88. The summed E-state index contributed by atoms with van der Waals surface area (Å²) in [5, 5.41) is 16.5. The molecular formula is C20H17ClFN5O2. The molecule has 0 amide bonds. The third-order valence-corrected chi connectivity index (χ3v) is 5.30. The lowest BCUT2D eigenvalue weighted by molar-refractivity contribution is -0.0342. The van der Waals surface area contributed by atoms with Gasteiger partial charge in [-0.05, 0) is 31.2 Å². The van der Waals surface area contributed by atoms with Crippen molar-refractivity contribution in [3.8, 4) is 0 Å². The summed E-state index contributed by atoms with van der Waals surface area (Å²) in [4.78, 5) is 21.3. The monoisotopic (exact) mass is 413 g/mol. The maximum Gasteiger partial charge on any atom is 0.261 e. The minimum atomic E-state index is -1.80. The van der Waals surface area contributed by atoms with Gasteiger partial charge in [-0.15, -0.1) is 0 Å². The summed E-state index contributed by atoms with van der Waals surface area (Å²) in [6, 6.07) is 9.80. The lowest BCUT2D eigenvalue weighted by Gasteiger charge is -2.35. The number of fused-ring (bicyclic) bond motifs is 1. The van der Waals surface area contributed by atoms with E-state index in [-0.39, 0.29) is 17.7 Å². The highest BCUT2D eigenvalue weighted by Gasteiger charge is 2.40. The smallest absolute Gasteiger partial charge is 0.261 e. The first-order valence-corrected chi connectivity index (χ1v) is 9.24. The van der Waals surface area contributed by atoms with Crippen LogP contribution in [0.4, 0.5) is 4.39 Å². The van der Waals surface area contributed by atoms with Crippen molar-refractivity contribution in [1.82, 2.24) is 24.3 Å². The first kappa shape index (κ1) is 19.2. The Bertz CT molecular complexity index is 1230. The molecule has 0 aliphatic carbocycles. The molecule has 29 heavy (non-hydrogen) atoms. The molecule has 2 heterocycles. The van der Waals surface area contributed by atoms with E-state index in [0.717, 1.165) is 0 Å². The first-order chi connectivity index (χ1) is 13.9. The molecule has 0 spiro atoms. The molecule has 0 unspecified atom stereocenters. The molecule has 4 aromatic rings. The Morgan fingerprint density at radius 2 is 2.03 bits per heavy atom. The fourth-order valence-corrected chi connectivity index (χ4v) is 3.60. The molecular weight excluding hydrogens is 397 g/mol. The van der Waals surface area contributed by atoms with Gasteiger partial charge < -0.3 is 5.11 Å². The third kappa shape index (κ3) is 3.41. The van der Waals surface area contributed by atoms with Crippen LogP contribution in [0.25, 0.3) is 10.9 Å². The van der Waals surface area contributed by atoms with Gasteiger partial charge >= 0.3 is 0 Å². The predicted molar refractivity (Wildman–Crippen MR) is 106 cm³/mol. The molecule has 0 aliphatic heterocycles. The minimum absolute atomic E-state index is 0.0473. The maximum atomic E-state index is 14.7. The number of rotatable bonds is 5. The van der Waals surface area contributed by atoms with Crippen LogP contribution in [0.15, 0.2) is 66.2 Å². The SMILES string of the molecule is C[C@@H](n1cnc2cc(Cl)ccc2c1=O)[C@](O)(Cn1cncn1)c1ccccc1F. The van der Waals surface area contributed by atoms with Crippen LogP contribution in [-0.2, 0) is 12.1 Å². The number of halogens is 2. The van der Waals surface area contributed by atoms with Gasteiger partial charge in [0.05, 0.1) is 29.8 Å². The molecule has 4 rings (SSSR count). The molecule has 0 saturated heterocycles. The molecule has 7 nitrogen and oxygen atoms in total. The van der Waals surface area contributed by atoms with Crippen molar-refractivity contribution in [3.63, 3.8) is 0 Å².